The van der Waals surface area contributed by atoms with Crippen LogP contribution in [0.5, 0.6) is 0 Å². The van der Waals surface area contributed by atoms with Gasteiger partial charge in [0.25, 0.3) is 0 Å². The van der Waals surface area contributed by atoms with E-state index in [0.29, 0.717) is 11.5 Å². The van der Waals surface area contributed by atoms with Crippen LogP contribution in [0.3, 0.4) is 0 Å². The standard InChI is InChI=1S/C32H21F2N3/c33-27-15-11-24(12-16-27)30-20-29(23-9-5-2-6-10-23)32(35-30)36-37-21-26(22-7-3-1-4-8-22)19-31(37)25-13-17-28(34)18-14-25/h1-21H. The van der Waals surface area contributed by atoms with E-state index in [9.17, 15) is 8.78 Å². The second kappa shape index (κ2) is 9.63. The highest BCUT2D eigenvalue weighted by molar-refractivity contribution is 6.37. The predicted octanol–water partition coefficient (Wildman–Crippen LogP) is 7.85. The number of nitrogens with zero attached hydrogens (tertiary/aromatic N) is 3. The van der Waals surface area contributed by atoms with Gasteiger partial charge in [-0.3, -0.25) is 0 Å². The third-order valence-corrected chi connectivity index (χ3v) is 6.22. The van der Waals surface area contributed by atoms with Gasteiger partial charge in [-0.2, -0.15) is 0 Å². The summed E-state index contributed by atoms with van der Waals surface area (Å²) in [4.78, 5) is 4.84. The Kier molecular flexibility index (Phi) is 5.87. The first-order chi connectivity index (χ1) is 18.1. The van der Waals surface area contributed by atoms with Crippen LogP contribution in [0.25, 0.3) is 28.0 Å². The molecule has 0 spiro atoms. The number of hydrogen-bond donors (Lipinski definition) is 0. The van der Waals surface area contributed by atoms with E-state index in [0.717, 1.165) is 39.1 Å². The molecule has 1 aliphatic heterocycles. The van der Waals surface area contributed by atoms with Crippen LogP contribution in [-0.2, 0) is 0 Å². The van der Waals surface area contributed by atoms with Crippen LogP contribution >= 0.6 is 0 Å². The third kappa shape index (κ3) is 4.67. The molecule has 0 radical (unpaired) electrons. The van der Waals surface area contributed by atoms with Gasteiger partial charge in [0.15, 0.2) is 5.84 Å². The summed E-state index contributed by atoms with van der Waals surface area (Å²) in [5, 5.41) is 4.96. The predicted molar refractivity (Wildman–Crippen MR) is 145 cm³/mol. The maximum atomic E-state index is 13.7. The largest absolute Gasteiger partial charge is 0.238 e. The van der Waals surface area contributed by atoms with Crippen LogP contribution in [0, 0.1) is 11.6 Å². The van der Waals surface area contributed by atoms with Crippen molar-refractivity contribution in [2.24, 2.45) is 10.1 Å². The summed E-state index contributed by atoms with van der Waals surface area (Å²) in [5.74, 6) is -0.0626. The summed E-state index contributed by atoms with van der Waals surface area (Å²) in [6, 6.07) is 34.6. The van der Waals surface area contributed by atoms with Gasteiger partial charge < -0.3 is 0 Å². The lowest BCUT2D eigenvalue weighted by molar-refractivity contribution is 0.627. The maximum absolute atomic E-state index is 13.7. The zero-order valence-corrected chi connectivity index (χ0v) is 19.7. The molecule has 0 N–H and O–H groups in total. The Bertz CT molecular complexity index is 1650. The number of aromatic nitrogens is 1. The highest BCUT2D eigenvalue weighted by atomic mass is 19.1. The molecule has 2 heterocycles. The molecule has 0 unspecified atom stereocenters. The molecule has 0 fully saturated rings. The molecule has 0 saturated carbocycles. The Morgan fingerprint density at radius 2 is 1.14 bits per heavy atom. The van der Waals surface area contributed by atoms with E-state index in [4.69, 9.17) is 10.1 Å². The van der Waals surface area contributed by atoms with Crippen molar-refractivity contribution in [3.8, 4) is 22.4 Å². The molecule has 1 aromatic heterocycles. The van der Waals surface area contributed by atoms with Gasteiger partial charge in [-0.1, -0.05) is 60.7 Å². The van der Waals surface area contributed by atoms with E-state index >= 15 is 0 Å². The summed E-state index contributed by atoms with van der Waals surface area (Å²) in [6.45, 7) is 0. The van der Waals surface area contributed by atoms with E-state index in [2.05, 4.69) is 0 Å². The molecule has 4 aromatic carbocycles. The lowest BCUT2D eigenvalue weighted by Gasteiger charge is -2.07. The number of hydrogen-bond acceptors (Lipinski definition) is 1. The Hall–Kier alpha value is -4.90. The van der Waals surface area contributed by atoms with Gasteiger partial charge in [-0.05, 0) is 71.8 Å². The molecule has 0 bridgehead atoms. The van der Waals surface area contributed by atoms with Crippen LogP contribution in [0.2, 0.25) is 0 Å². The highest BCUT2D eigenvalue weighted by Crippen LogP contribution is 2.31. The molecule has 1 aliphatic rings. The minimum atomic E-state index is -0.298. The van der Waals surface area contributed by atoms with E-state index in [1.165, 1.54) is 24.3 Å². The molecule has 0 aliphatic carbocycles. The van der Waals surface area contributed by atoms with Crippen molar-refractivity contribution < 1.29 is 8.78 Å². The number of halogens is 2. The Morgan fingerprint density at radius 1 is 0.568 bits per heavy atom. The highest BCUT2D eigenvalue weighted by Gasteiger charge is 2.20. The third-order valence-electron chi connectivity index (χ3n) is 6.22. The van der Waals surface area contributed by atoms with E-state index in [1.54, 1.807) is 28.9 Å². The number of aliphatic imine (C=N–C) groups is 1. The average molecular weight is 486 g/mol. The molecule has 6 rings (SSSR count). The molecule has 5 aromatic rings. The second-order valence-corrected chi connectivity index (χ2v) is 8.68. The van der Waals surface area contributed by atoms with E-state index in [-0.39, 0.29) is 11.6 Å². The second-order valence-electron chi connectivity index (χ2n) is 8.68. The van der Waals surface area contributed by atoms with Crippen LogP contribution in [-0.4, -0.2) is 16.2 Å². The maximum Gasteiger partial charge on any atom is 0.181 e. The fourth-order valence-electron chi connectivity index (χ4n) is 4.34. The molecule has 0 atom stereocenters. The number of benzene rings is 4. The number of allylic oxidation sites excluding steroid dienone is 1. The number of rotatable bonds is 5. The van der Waals surface area contributed by atoms with Gasteiger partial charge in [0.05, 0.1) is 11.4 Å². The molecule has 5 heteroatoms. The Morgan fingerprint density at radius 3 is 1.76 bits per heavy atom. The average Bonchev–Trinajstić information content (AvgIpc) is 3.56. The summed E-state index contributed by atoms with van der Waals surface area (Å²) >= 11 is 0. The topological polar surface area (TPSA) is 29.6 Å². The van der Waals surface area contributed by atoms with Crippen LogP contribution in [0.4, 0.5) is 8.78 Å². The first-order valence-corrected chi connectivity index (χ1v) is 11.9. The quantitative estimate of drug-likeness (QED) is 0.243. The van der Waals surface area contributed by atoms with Crippen LogP contribution < -0.4 is 0 Å². The monoisotopic (exact) mass is 485 g/mol. The van der Waals surface area contributed by atoms with Crippen molar-refractivity contribution in [2.75, 3.05) is 0 Å². The van der Waals surface area contributed by atoms with Gasteiger partial charge in [0, 0.05) is 28.5 Å². The fraction of sp³-hybridized carbons (Fsp3) is 0. The fourth-order valence-corrected chi connectivity index (χ4v) is 4.34. The van der Waals surface area contributed by atoms with Crippen molar-refractivity contribution in [3.05, 3.63) is 150 Å². The van der Waals surface area contributed by atoms with Gasteiger partial charge in [0.1, 0.15) is 11.6 Å². The lowest BCUT2D eigenvalue weighted by Crippen LogP contribution is -2.01. The minimum absolute atomic E-state index is 0.296. The molecule has 0 amide bonds. The molecule has 37 heavy (non-hydrogen) atoms. The van der Waals surface area contributed by atoms with Crippen molar-refractivity contribution in [2.45, 2.75) is 0 Å². The summed E-state index contributed by atoms with van der Waals surface area (Å²) in [5.41, 5.74) is 7.01. The zero-order chi connectivity index (χ0) is 25.2. The van der Waals surface area contributed by atoms with Gasteiger partial charge >= 0.3 is 0 Å². The van der Waals surface area contributed by atoms with Crippen molar-refractivity contribution in [3.63, 3.8) is 0 Å². The van der Waals surface area contributed by atoms with Crippen molar-refractivity contribution in [1.82, 2.24) is 4.68 Å². The zero-order valence-electron chi connectivity index (χ0n) is 19.7. The van der Waals surface area contributed by atoms with Crippen LogP contribution in [0.1, 0.15) is 11.1 Å². The summed E-state index contributed by atoms with van der Waals surface area (Å²) in [6.07, 6.45) is 3.93. The van der Waals surface area contributed by atoms with E-state index < -0.39 is 0 Å². The van der Waals surface area contributed by atoms with Gasteiger partial charge in [-0.15, -0.1) is 5.10 Å². The van der Waals surface area contributed by atoms with Gasteiger partial charge in [0.2, 0.25) is 0 Å². The Labute approximate surface area is 213 Å². The smallest absolute Gasteiger partial charge is 0.181 e. The van der Waals surface area contributed by atoms with Crippen molar-refractivity contribution in [1.29, 1.82) is 0 Å². The van der Waals surface area contributed by atoms with Gasteiger partial charge in [-0.25, -0.2) is 18.4 Å². The number of amidine groups is 1. The van der Waals surface area contributed by atoms with Crippen LogP contribution in [0.15, 0.2) is 138 Å². The molecular weight excluding hydrogens is 464 g/mol. The molecule has 178 valence electrons. The normalized spacial score (nSPS) is 14.1. The summed E-state index contributed by atoms with van der Waals surface area (Å²) < 4.78 is 29.0. The molecule has 0 saturated heterocycles. The first kappa shape index (κ1) is 22.6. The molecular formula is C32H21F2N3. The Balaban J connectivity index is 1.51. The first-order valence-electron chi connectivity index (χ1n) is 11.9. The minimum Gasteiger partial charge on any atom is -0.238 e. The van der Waals surface area contributed by atoms with E-state index in [1.807, 2.05) is 79.0 Å². The lowest BCUT2D eigenvalue weighted by atomic mass is 10.0. The summed E-state index contributed by atoms with van der Waals surface area (Å²) in [7, 11) is 0. The molecule has 3 nitrogen and oxygen atoms in total. The van der Waals surface area contributed by atoms with Crippen molar-refractivity contribution >= 4 is 17.1 Å². The SMILES string of the molecule is Fc1ccc(C2=NC(=Nn3cc(-c4ccccc4)cc3-c3ccc(F)cc3)C(c3ccccc3)=C2)cc1.